The lowest BCUT2D eigenvalue weighted by molar-refractivity contribution is -0.0500. The molecule has 1 heterocycles. The summed E-state index contributed by atoms with van der Waals surface area (Å²) in [5.41, 5.74) is -4.59. The number of hydrogen-bond donors (Lipinski definition) is 0. The number of amides is 1. The second kappa shape index (κ2) is 6.51. The van der Waals surface area contributed by atoms with Crippen LogP contribution in [-0.2, 0) is 16.5 Å². The Bertz CT molecular complexity index is 770. The average Bonchev–Trinajstić information content (AvgIpc) is 2.54. The highest BCUT2D eigenvalue weighted by molar-refractivity contribution is 7.88. The zero-order chi connectivity index (χ0) is 18.2. The largest absolute Gasteiger partial charge is 0.534 e. The maximum atomic E-state index is 12.7. The standard InChI is InChI=1S/C16H18F3NO4S/c17-16(18,19)25(22,23)24-13-6-7-14-11(10-13)8-9-20(15(14)21)12-4-2-1-3-5-12/h6-7,10,12H,1-5,8-9H2. The first-order valence-electron chi connectivity index (χ1n) is 8.14. The Hall–Kier alpha value is -1.77. The molecule has 3 rings (SSSR count). The van der Waals surface area contributed by atoms with Crippen LogP contribution in [-0.4, -0.2) is 37.3 Å². The zero-order valence-electron chi connectivity index (χ0n) is 13.4. The molecule has 0 spiro atoms. The van der Waals surface area contributed by atoms with Gasteiger partial charge in [0, 0.05) is 18.2 Å². The minimum atomic E-state index is -5.71. The molecule has 0 saturated heterocycles. The van der Waals surface area contributed by atoms with Crippen LogP contribution >= 0.6 is 0 Å². The molecule has 1 aliphatic carbocycles. The number of alkyl halides is 3. The van der Waals surface area contributed by atoms with Gasteiger partial charge in [-0.2, -0.15) is 21.6 Å². The lowest BCUT2D eigenvalue weighted by atomic mass is 9.90. The van der Waals surface area contributed by atoms with Gasteiger partial charge >= 0.3 is 15.6 Å². The molecule has 1 amide bonds. The Morgan fingerprint density at radius 2 is 1.80 bits per heavy atom. The van der Waals surface area contributed by atoms with Gasteiger partial charge in [-0.05, 0) is 43.0 Å². The van der Waals surface area contributed by atoms with Gasteiger partial charge < -0.3 is 9.08 Å². The van der Waals surface area contributed by atoms with Gasteiger partial charge in [0.2, 0.25) is 0 Å². The van der Waals surface area contributed by atoms with Gasteiger partial charge in [0.15, 0.2) is 0 Å². The molecule has 25 heavy (non-hydrogen) atoms. The molecular formula is C16H18F3NO4S. The van der Waals surface area contributed by atoms with E-state index < -0.39 is 21.4 Å². The maximum Gasteiger partial charge on any atom is 0.534 e. The van der Waals surface area contributed by atoms with Gasteiger partial charge in [-0.3, -0.25) is 4.79 Å². The minimum absolute atomic E-state index is 0.154. The SMILES string of the molecule is O=C1c2ccc(OS(=O)(=O)C(F)(F)F)cc2CCN1C1CCCCC1. The van der Waals surface area contributed by atoms with Crippen LogP contribution in [0.4, 0.5) is 13.2 Å². The normalized spacial score (nSPS) is 19.6. The number of fused-ring (bicyclic) bond motifs is 1. The van der Waals surface area contributed by atoms with Crippen molar-refractivity contribution in [2.75, 3.05) is 6.54 Å². The number of rotatable bonds is 3. The van der Waals surface area contributed by atoms with E-state index in [0.29, 0.717) is 24.1 Å². The molecular weight excluding hydrogens is 359 g/mol. The van der Waals surface area contributed by atoms with Crippen molar-refractivity contribution in [1.82, 2.24) is 4.90 Å². The summed E-state index contributed by atoms with van der Waals surface area (Å²) in [5.74, 6) is -0.589. The highest BCUT2D eigenvalue weighted by Crippen LogP contribution is 2.32. The van der Waals surface area contributed by atoms with E-state index in [9.17, 15) is 26.4 Å². The number of halogens is 3. The minimum Gasteiger partial charge on any atom is -0.376 e. The Morgan fingerprint density at radius 1 is 1.12 bits per heavy atom. The van der Waals surface area contributed by atoms with Crippen molar-refractivity contribution in [3.8, 4) is 5.75 Å². The third kappa shape index (κ3) is 3.61. The summed E-state index contributed by atoms with van der Waals surface area (Å²) < 4.78 is 63.5. The van der Waals surface area contributed by atoms with Gasteiger partial charge in [0.25, 0.3) is 5.91 Å². The lowest BCUT2D eigenvalue weighted by Gasteiger charge is -2.37. The van der Waals surface area contributed by atoms with Gasteiger partial charge in [-0.25, -0.2) is 0 Å². The van der Waals surface area contributed by atoms with Crippen molar-refractivity contribution >= 4 is 16.0 Å². The predicted octanol–water partition coefficient (Wildman–Crippen LogP) is 3.25. The average molecular weight is 377 g/mol. The third-order valence-corrected chi connectivity index (χ3v) is 5.67. The molecule has 0 N–H and O–H groups in total. The molecule has 1 aromatic carbocycles. The number of carbonyl (C=O) groups excluding carboxylic acids is 1. The Morgan fingerprint density at radius 3 is 2.44 bits per heavy atom. The van der Waals surface area contributed by atoms with E-state index in [0.717, 1.165) is 31.7 Å². The summed E-state index contributed by atoms with van der Waals surface area (Å²) in [7, 11) is -5.71. The Labute approximate surface area is 143 Å². The highest BCUT2D eigenvalue weighted by Gasteiger charge is 2.48. The summed E-state index contributed by atoms with van der Waals surface area (Å²) in [6.45, 7) is 0.478. The smallest absolute Gasteiger partial charge is 0.376 e. The fourth-order valence-corrected chi connectivity index (χ4v) is 3.90. The van der Waals surface area contributed by atoms with Crippen molar-refractivity contribution in [2.45, 2.75) is 50.1 Å². The molecule has 9 heteroatoms. The predicted molar refractivity (Wildman–Crippen MR) is 83.7 cm³/mol. The Kier molecular flexibility index (Phi) is 4.70. The summed E-state index contributed by atoms with van der Waals surface area (Å²) >= 11 is 0. The van der Waals surface area contributed by atoms with E-state index >= 15 is 0 Å². The molecule has 5 nitrogen and oxygen atoms in total. The topological polar surface area (TPSA) is 63.7 Å². The quantitative estimate of drug-likeness (QED) is 0.599. The summed E-state index contributed by atoms with van der Waals surface area (Å²) in [6.07, 6.45) is 5.73. The molecule has 0 radical (unpaired) electrons. The highest BCUT2D eigenvalue weighted by atomic mass is 32.2. The number of nitrogens with zero attached hydrogens (tertiary/aromatic N) is 1. The molecule has 0 unspecified atom stereocenters. The summed E-state index contributed by atoms with van der Waals surface area (Å²) in [4.78, 5) is 14.5. The van der Waals surface area contributed by atoms with E-state index in [1.807, 2.05) is 4.90 Å². The van der Waals surface area contributed by atoms with E-state index in [1.165, 1.54) is 18.6 Å². The van der Waals surface area contributed by atoms with Gasteiger partial charge in [-0.1, -0.05) is 19.3 Å². The second-order valence-corrected chi connectivity index (χ2v) is 7.88. The first-order valence-corrected chi connectivity index (χ1v) is 9.54. The monoisotopic (exact) mass is 377 g/mol. The van der Waals surface area contributed by atoms with Crippen LogP contribution in [0.2, 0.25) is 0 Å². The van der Waals surface area contributed by atoms with Gasteiger partial charge in [0.1, 0.15) is 5.75 Å². The van der Waals surface area contributed by atoms with Crippen LogP contribution < -0.4 is 4.18 Å². The fraction of sp³-hybridized carbons (Fsp3) is 0.562. The van der Waals surface area contributed by atoms with Crippen molar-refractivity contribution in [3.63, 3.8) is 0 Å². The van der Waals surface area contributed by atoms with Crippen LogP contribution in [0.1, 0.15) is 48.0 Å². The first-order chi connectivity index (χ1) is 11.7. The molecule has 0 bridgehead atoms. The first kappa shape index (κ1) is 18.0. The Balaban J connectivity index is 1.80. The van der Waals surface area contributed by atoms with E-state index in [2.05, 4.69) is 4.18 Å². The number of benzene rings is 1. The number of hydrogen-bond acceptors (Lipinski definition) is 4. The van der Waals surface area contributed by atoms with E-state index in [4.69, 9.17) is 0 Å². The number of carbonyl (C=O) groups is 1. The van der Waals surface area contributed by atoms with E-state index in [-0.39, 0.29) is 11.9 Å². The van der Waals surface area contributed by atoms with Crippen LogP contribution in [0.25, 0.3) is 0 Å². The maximum absolute atomic E-state index is 12.7. The summed E-state index contributed by atoms with van der Waals surface area (Å²) in [6, 6.07) is 3.84. The molecule has 1 aliphatic heterocycles. The van der Waals surface area contributed by atoms with Crippen molar-refractivity contribution in [1.29, 1.82) is 0 Å². The van der Waals surface area contributed by atoms with Gasteiger partial charge in [0.05, 0.1) is 0 Å². The molecule has 0 aromatic heterocycles. The summed E-state index contributed by atoms with van der Waals surface area (Å²) in [5, 5.41) is 0. The van der Waals surface area contributed by atoms with Crippen LogP contribution in [0.3, 0.4) is 0 Å². The van der Waals surface area contributed by atoms with E-state index in [1.54, 1.807) is 0 Å². The molecule has 2 aliphatic rings. The van der Waals surface area contributed by atoms with Crippen molar-refractivity contribution in [2.24, 2.45) is 0 Å². The van der Waals surface area contributed by atoms with Crippen LogP contribution in [0.5, 0.6) is 5.75 Å². The van der Waals surface area contributed by atoms with Crippen molar-refractivity contribution in [3.05, 3.63) is 29.3 Å². The molecule has 0 atom stereocenters. The second-order valence-electron chi connectivity index (χ2n) is 6.34. The molecule has 1 fully saturated rings. The fourth-order valence-electron chi connectivity index (χ4n) is 3.45. The molecule has 138 valence electrons. The third-order valence-electron chi connectivity index (χ3n) is 4.69. The van der Waals surface area contributed by atoms with Gasteiger partial charge in [-0.15, -0.1) is 0 Å². The van der Waals surface area contributed by atoms with Crippen LogP contribution in [0.15, 0.2) is 18.2 Å². The molecule has 1 saturated carbocycles. The lowest BCUT2D eigenvalue weighted by Crippen LogP contribution is -2.45. The zero-order valence-corrected chi connectivity index (χ0v) is 14.2. The molecule has 1 aromatic rings. The van der Waals surface area contributed by atoms with Crippen LogP contribution in [0, 0.1) is 0 Å². The van der Waals surface area contributed by atoms with Crippen molar-refractivity contribution < 1.29 is 30.6 Å².